The first-order valence-electron chi connectivity index (χ1n) is 10.0. The number of likely N-dealkylation sites (N-methyl/N-ethyl adjacent to an activating group) is 1. The number of carbonyl (C=O) groups excluding carboxylic acids is 1. The zero-order chi connectivity index (χ0) is 22.1. The minimum atomic E-state index is -4.34. The van der Waals surface area contributed by atoms with E-state index in [-0.39, 0.29) is 12.5 Å². The van der Waals surface area contributed by atoms with Gasteiger partial charge in [0.15, 0.2) is 0 Å². The van der Waals surface area contributed by atoms with E-state index >= 15 is 0 Å². The van der Waals surface area contributed by atoms with Gasteiger partial charge in [-0.15, -0.1) is 0 Å². The molecule has 0 saturated heterocycles. The Kier molecular flexibility index (Phi) is 8.87. The molecule has 0 fully saturated rings. The molecule has 2 rings (SSSR count). The highest BCUT2D eigenvalue weighted by Gasteiger charge is 2.29. The number of hydrogen-bond donors (Lipinski definition) is 0. The highest BCUT2D eigenvalue weighted by atomic mass is 19.4. The summed E-state index contributed by atoms with van der Waals surface area (Å²) >= 11 is 0. The van der Waals surface area contributed by atoms with Crippen LogP contribution in [0, 0.1) is 0 Å². The summed E-state index contributed by atoms with van der Waals surface area (Å²) in [5.74, 6) is -0.0727. The highest BCUT2D eigenvalue weighted by molar-refractivity contribution is 5.77. The van der Waals surface area contributed by atoms with E-state index in [1.165, 1.54) is 19.2 Å². The summed E-state index contributed by atoms with van der Waals surface area (Å²) in [4.78, 5) is 16.5. The Morgan fingerprint density at radius 2 is 1.43 bits per heavy atom. The van der Waals surface area contributed by atoms with Crippen molar-refractivity contribution in [2.45, 2.75) is 26.6 Å². The maximum Gasteiger partial charge on any atom is 0.416 e. The Morgan fingerprint density at radius 3 is 1.90 bits per heavy atom. The van der Waals surface area contributed by atoms with Crippen LogP contribution in [0.15, 0.2) is 48.5 Å². The van der Waals surface area contributed by atoms with Gasteiger partial charge in [-0.2, -0.15) is 13.2 Å². The standard InChI is InChI=1S/C23H29F3N2O2/c1-4-27(5-2)14-15-28(22(29)17-30-3)16-18-6-8-19(9-7-18)20-10-12-21(13-11-20)23(24,25)26/h6-13H,4-5,14-17H2,1-3H3. The molecule has 0 unspecified atom stereocenters. The van der Waals surface area contributed by atoms with Crippen LogP contribution in [0.5, 0.6) is 0 Å². The predicted molar refractivity (Wildman–Crippen MR) is 112 cm³/mol. The van der Waals surface area contributed by atoms with Crippen LogP contribution in [-0.2, 0) is 22.3 Å². The van der Waals surface area contributed by atoms with Crippen LogP contribution in [0.2, 0.25) is 0 Å². The van der Waals surface area contributed by atoms with Crippen LogP contribution in [0.25, 0.3) is 11.1 Å². The smallest absolute Gasteiger partial charge is 0.375 e. The molecule has 0 aliphatic heterocycles. The molecule has 4 nitrogen and oxygen atoms in total. The lowest BCUT2D eigenvalue weighted by atomic mass is 10.0. The van der Waals surface area contributed by atoms with Gasteiger partial charge in [0.2, 0.25) is 5.91 Å². The molecule has 0 spiro atoms. The molecule has 0 radical (unpaired) electrons. The van der Waals surface area contributed by atoms with Crippen molar-refractivity contribution in [1.82, 2.24) is 9.80 Å². The van der Waals surface area contributed by atoms with Crippen LogP contribution in [0.4, 0.5) is 13.2 Å². The summed E-state index contributed by atoms with van der Waals surface area (Å²) in [6, 6.07) is 12.6. The first-order chi connectivity index (χ1) is 14.3. The normalized spacial score (nSPS) is 11.7. The molecule has 164 valence electrons. The number of nitrogens with zero attached hydrogens (tertiary/aromatic N) is 2. The summed E-state index contributed by atoms with van der Waals surface area (Å²) in [6.07, 6.45) is -4.34. The topological polar surface area (TPSA) is 32.8 Å². The number of alkyl halides is 3. The van der Waals surface area contributed by atoms with Gasteiger partial charge >= 0.3 is 6.18 Å². The predicted octanol–water partition coefficient (Wildman–Crippen LogP) is 4.69. The number of halogens is 3. The average molecular weight is 422 g/mol. The number of benzene rings is 2. The van der Waals surface area contributed by atoms with Crippen molar-refractivity contribution in [3.8, 4) is 11.1 Å². The molecule has 0 N–H and O–H groups in total. The van der Waals surface area contributed by atoms with E-state index in [1.807, 2.05) is 24.3 Å². The van der Waals surface area contributed by atoms with E-state index in [2.05, 4.69) is 18.7 Å². The van der Waals surface area contributed by atoms with Crippen LogP contribution in [0.1, 0.15) is 25.0 Å². The molecule has 0 bridgehead atoms. The largest absolute Gasteiger partial charge is 0.416 e. The highest BCUT2D eigenvalue weighted by Crippen LogP contribution is 2.31. The Labute approximate surface area is 176 Å². The van der Waals surface area contributed by atoms with Crippen molar-refractivity contribution < 1.29 is 22.7 Å². The zero-order valence-corrected chi connectivity index (χ0v) is 17.7. The second-order valence-corrected chi connectivity index (χ2v) is 7.05. The fourth-order valence-electron chi connectivity index (χ4n) is 3.18. The van der Waals surface area contributed by atoms with Crippen LogP contribution in [-0.4, -0.2) is 55.6 Å². The van der Waals surface area contributed by atoms with Crippen LogP contribution < -0.4 is 0 Å². The fourth-order valence-corrected chi connectivity index (χ4v) is 3.18. The number of ether oxygens (including phenoxy) is 1. The van der Waals surface area contributed by atoms with Gasteiger partial charge in [0.05, 0.1) is 5.56 Å². The van der Waals surface area contributed by atoms with E-state index < -0.39 is 11.7 Å². The quantitative estimate of drug-likeness (QED) is 0.557. The molecule has 30 heavy (non-hydrogen) atoms. The molecule has 0 heterocycles. The Bertz CT molecular complexity index is 786. The SMILES string of the molecule is CCN(CC)CCN(Cc1ccc(-c2ccc(C(F)(F)F)cc2)cc1)C(=O)COC. The summed E-state index contributed by atoms with van der Waals surface area (Å²) in [6.45, 7) is 7.89. The van der Waals surface area contributed by atoms with Crippen molar-refractivity contribution in [2.24, 2.45) is 0 Å². The second-order valence-electron chi connectivity index (χ2n) is 7.05. The van der Waals surface area contributed by atoms with E-state index in [1.54, 1.807) is 4.90 Å². The molecule has 0 saturated carbocycles. The van der Waals surface area contributed by atoms with Gasteiger partial charge in [0.25, 0.3) is 0 Å². The van der Waals surface area contributed by atoms with Crippen molar-refractivity contribution in [3.63, 3.8) is 0 Å². The lowest BCUT2D eigenvalue weighted by molar-refractivity contribution is -0.137. The Hall–Kier alpha value is -2.38. The lowest BCUT2D eigenvalue weighted by Gasteiger charge is -2.26. The third-order valence-electron chi connectivity index (χ3n) is 5.07. The molecular formula is C23H29F3N2O2. The molecule has 7 heteroatoms. The maximum absolute atomic E-state index is 12.7. The van der Waals surface area contributed by atoms with Gasteiger partial charge < -0.3 is 14.5 Å². The molecule has 2 aromatic rings. The molecule has 2 aromatic carbocycles. The first-order valence-corrected chi connectivity index (χ1v) is 10.0. The number of rotatable bonds is 10. The van der Waals surface area contributed by atoms with Gasteiger partial charge in [-0.05, 0) is 41.9 Å². The average Bonchev–Trinajstić information content (AvgIpc) is 2.73. The van der Waals surface area contributed by atoms with Gasteiger partial charge in [-0.25, -0.2) is 0 Å². The summed E-state index contributed by atoms with van der Waals surface area (Å²) in [7, 11) is 1.50. The van der Waals surface area contributed by atoms with Gasteiger partial charge in [0.1, 0.15) is 6.61 Å². The molecule has 0 atom stereocenters. The summed E-state index contributed by atoms with van der Waals surface area (Å²) in [5.41, 5.74) is 1.83. The lowest BCUT2D eigenvalue weighted by Crippen LogP contribution is -2.39. The molecule has 0 aromatic heterocycles. The second kappa shape index (κ2) is 11.1. The van der Waals surface area contributed by atoms with Crippen LogP contribution >= 0.6 is 0 Å². The van der Waals surface area contributed by atoms with Crippen molar-refractivity contribution >= 4 is 5.91 Å². The van der Waals surface area contributed by atoms with E-state index in [0.717, 1.165) is 42.9 Å². The minimum Gasteiger partial charge on any atom is -0.375 e. The van der Waals surface area contributed by atoms with Gasteiger partial charge in [-0.1, -0.05) is 50.2 Å². The van der Waals surface area contributed by atoms with Crippen molar-refractivity contribution in [3.05, 3.63) is 59.7 Å². The van der Waals surface area contributed by atoms with Gasteiger partial charge in [0, 0.05) is 26.7 Å². The summed E-state index contributed by atoms with van der Waals surface area (Å²) < 4.78 is 43.2. The van der Waals surface area contributed by atoms with Crippen LogP contribution in [0.3, 0.4) is 0 Å². The maximum atomic E-state index is 12.7. The molecular weight excluding hydrogens is 393 g/mol. The van der Waals surface area contributed by atoms with E-state index in [0.29, 0.717) is 18.7 Å². The van der Waals surface area contributed by atoms with Crippen molar-refractivity contribution in [1.29, 1.82) is 0 Å². The van der Waals surface area contributed by atoms with Gasteiger partial charge in [-0.3, -0.25) is 4.79 Å². The zero-order valence-electron chi connectivity index (χ0n) is 17.7. The third-order valence-corrected chi connectivity index (χ3v) is 5.07. The Morgan fingerprint density at radius 1 is 0.900 bits per heavy atom. The first kappa shape index (κ1) is 23.9. The number of carbonyl (C=O) groups is 1. The Balaban J connectivity index is 2.09. The molecule has 1 amide bonds. The number of methoxy groups -OCH3 is 1. The molecule has 0 aliphatic carbocycles. The minimum absolute atomic E-state index is 0.0297. The third kappa shape index (κ3) is 6.85. The number of amides is 1. The molecule has 0 aliphatic rings. The monoisotopic (exact) mass is 422 g/mol. The van der Waals surface area contributed by atoms with Crippen molar-refractivity contribution in [2.75, 3.05) is 39.9 Å². The number of hydrogen-bond acceptors (Lipinski definition) is 3. The van der Waals surface area contributed by atoms with E-state index in [9.17, 15) is 18.0 Å². The van der Waals surface area contributed by atoms with E-state index in [4.69, 9.17) is 4.74 Å². The fraction of sp³-hybridized carbons (Fsp3) is 0.435. The summed E-state index contributed by atoms with van der Waals surface area (Å²) in [5, 5.41) is 0.